The van der Waals surface area contributed by atoms with Gasteiger partial charge in [-0.05, 0) is 12.1 Å². The molecule has 0 radical (unpaired) electrons. The van der Waals surface area contributed by atoms with E-state index in [-0.39, 0.29) is 0 Å². The molecule has 7 heteroatoms. The highest BCUT2D eigenvalue weighted by Gasteiger charge is 2.28. The van der Waals surface area contributed by atoms with Gasteiger partial charge in [-0.2, -0.15) is 0 Å². The van der Waals surface area contributed by atoms with Crippen LogP contribution in [0.2, 0.25) is 0 Å². The first-order chi connectivity index (χ1) is 8.08. The second-order valence-electron chi connectivity index (χ2n) is 3.12. The molecule has 0 saturated heterocycles. The molecule has 0 saturated carbocycles. The Kier molecular flexibility index (Phi) is 3.30. The molecule has 1 aromatic carbocycles. The second-order valence-corrected chi connectivity index (χ2v) is 5.50. The molecule has 5 nitrogen and oxygen atoms in total. The van der Waals surface area contributed by atoms with Crippen molar-refractivity contribution >= 4 is 45.3 Å². The third-order valence-corrected chi connectivity index (χ3v) is 4.24. The molecule has 88 valence electrons. The third kappa shape index (κ3) is 2.56. The summed E-state index contributed by atoms with van der Waals surface area (Å²) in [4.78, 5) is 25.6. The zero-order valence-electron chi connectivity index (χ0n) is 8.36. The van der Waals surface area contributed by atoms with Gasteiger partial charge in [-0.3, -0.25) is 9.59 Å². The Balaban J connectivity index is 2.28. The predicted molar refractivity (Wildman–Crippen MR) is 64.5 cm³/mol. The van der Waals surface area contributed by atoms with Crippen LogP contribution in [0.25, 0.3) is 10.2 Å². The number of thiazole rings is 1. The van der Waals surface area contributed by atoms with Gasteiger partial charge in [0.1, 0.15) is 0 Å². The number of benzene rings is 1. The van der Waals surface area contributed by atoms with Gasteiger partial charge in [0.05, 0.1) is 10.2 Å². The lowest BCUT2D eigenvalue weighted by molar-refractivity contribution is -0.146. The van der Waals surface area contributed by atoms with E-state index in [1.807, 2.05) is 18.2 Å². The first-order valence-corrected chi connectivity index (χ1v) is 6.25. The quantitative estimate of drug-likeness (QED) is 0.651. The fourth-order valence-corrected chi connectivity index (χ4v) is 3.21. The number of carboxylic acid groups (broad SMARTS) is 2. The summed E-state index contributed by atoms with van der Waals surface area (Å²) in [6, 6.07) is 7.32. The highest BCUT2D eigenvalue weighted by molar-refractivity contribution is 8.03. The van der Waals surface area contributed by atoms with Gasteiger partial charge >= 0.3 is 11.9 Å². The van der Waals surface area contributed by atoms with E-state index in [1.54, 1.807) is 6.07 Å². The molecule has 1 aromatic heterocycles. The molecule has 0 atom stereocenters. The van der Waals surface area contributed by atoms with Crippen LogP contribution in [0.1, 0.15) is 0 Å². The van der Waals surface area contributed by atoms with Gasteiger partial charge in [0.15, 0.2) is 4.34 Å². The molecule has 0 bridgehead atoms. The Morgan fingerprint density at radius 3 is 2.47 bits per heavy atom. The number of thioether (sulfide) groups is 1. The fourth-order valence-electron chi connectivity index (χ4n) is 1.21. The van der Waals surface area contributed by atoms with Gasteiger partial charge in [-0.15, -0.1) is 11.3 Å². The van der Waals surface area contributed by atoms with Crippen LogP contribution in [0.3, 0.4) is 0 Å². The lowest BCUT2D eigenvalue weighted by Crippen LogP contribution is -2.25. The summed E-state index contributed by atoms with van der Waals surface area (Å²) in [5.41, 5.74) is 0.745. The van der Waals surface area contributed by atoms with Gasteiger partial charge in [-0.1, -0.05) is 23.9 Å². The monoisotopic (exact) mass is 269 g/mol. The van der Waals surface area contributed by atoms with Crippen LogP contribution in [0.5, 0.6) is 0 Å². The molecule has 2 rings (SSSR count). The SMILES string of the molecule is O=C(O)C(Sc1nc2ccccc2s1)C(=O)O. The normalized spacial score (nSPS) is 10.9. The molecule has 2 aromatic rings. The molecule has 17 heavy (non-hydrogen) atoms. The fraction of sp³-hybridized carbons (Fsp3) is 0.100. The highest BCUT2D eigenvalue weighted by atomic mass is 32.2. The average molecular weight is 269 g/mol. The van der Waals surface area contributed by atoms with E-state index in [4.69, 9.17) is 10.2 Å². The van der Waals surface area contributed by atoms with Crippen molar-refractivity contribution in [2.75, 3.05) is 0 Å². The molecule has 0 aliphatic carbocycles. The number of fused-ring (bicyclic) bond motifs is 1. The van der Waals surface area contributed by atoms with Gasteiger partial charge in [0.2, 0.25) is 5.25 Å². The van der Waals surface area contributed by atoms with Crippen LogP contribution in [0.15, 0.2) is 28.6 Å². The topological polar surface area (TPSA) is 87.5 Å². The number of aliphatic carboxylic acids is 2. The first-order valence-electron chi connectivity index (χ1n) is 4.56. The number of hydrogen-bond donors (Lipinski definition) is 2. The Hall–Kier alpha value is -1.60. The summed E-state index contributed by atoms with van der Waals surface area (Å²) >= 11 is 2.02. The van der Waals surface area contributed by atoms with Gasteiger partial charge in [0, 0.05) is 0 Å². The van der Waals surface area contributed by atoms with Crippen molar-refractivity contribution in [3.8, 4) is 0 Å². The number of para-hydroxylation sites is 1. The maximum Gasteiger partial charge on any atom is 0.328 e. The van der Waals surface area contributed by atoms with E-state index in [0.717, 1.165) is 22.0 Å². The maximum absolute atomic E-state index is 10.7. The van der Waals surface area contributed by atoms with Gasteiger partial charge in [-0.25, -0.2) is 4.98 Å². The summed E-state index contributed by atoms with van der Waals surface area (Å²) in [6.45, 7) is 0. The highest BCUT2D eigenvalue weighted by Crippen LogP contribution is 2.32. The number of rotatable bonds is 4. The van der Waals surface area contributed by atoms with E-state index in [1.165, 1.54) is 11.3 Å². The Morgan fingerprint density at radius 2 is 1.88 bits per heavy atom. The van der Waals surface area contributed by atoms with Crippen molar-refractivity contribution in [1.82, 2.24) is 4.98 Å². The molecular weight excluding hydrogens is 262 g/mol. The van der Waals surface area contributed by atoms with Gasteiger partial charge in [0.25, 0.3) is 0 Å². The third-order valence-electron chi connectivity index (χ3n) is 1.94. The van der Waals surface area contributed by atoms with Crippen LogP contribution in [-0.4, -0.2) is 32.4 Å². The second kappa shape index (κ2) is 4.72. The summed E-state index contributed by atoms with van der Waals surface area (Å²) in [5, 5.41) is 16.0. The van der Waals surface area contributed by atoms with E-state index in [9.17, 15) is 9.59 Å². The number of hydrogen-bond acceptors (Lipinski definition) is 5. The minimum atomic E-state index is -1.52. The van der Waals surface area contributed by atoms with Crippen LogP contribution >= 0.6 is 23.1 Å². The first kappa shape index (κ1) is 11.9. The molecular formula is C10H7NO4S2. The molecule has 1 heterocycles. The average Bonchev–Trinajstić information content (AvgIpc) is 2.67. The summed E-state index contributed by atoms with van der Waals surface area (Å²) < 4.78 is 1.35. The molecule has 2 N–H and O–H groups in total. The molecule has 0 aliphatic rings. The molecule has 0 unspecified atom stereocenters. The van der Waals surface area contributed by atoms with Crippen molar-refractivity contribution in [3.05, 3.63) is 24.3 Å². The summed E-state index contributed by atoms with van der Waals surface area (Å²) in [7, 11) is 0. The largest absolute Gasteiger partial charge is 0.480 e. The molecule has 0 amide bonds. The minimum absolute atomic E-state index is 0.445. The zero-order valence-corrected chi connectivity index (χ0v) is 9.99. The Labute approximate surface area is 104 Å². The van der Waals surface area contributed by atoms with E-state index in [0.29, 0.717) is 4.34 Å². The predicted octanol–water partition coefficient (Wildman–Crippen LogP) is 1.93. The standard InChI is InChI=1S/C10H7NO4S2/c12-8(13)7(9(14)15)17-10-11-5-3-1-2-4-6(5)16-10/h1-4,7H,(H,12,13)(H,14,15). The van der Waals surface area contributed by atoms with Crippen LogP contribution in [-0.2, 0) is 9.59 Å². The smallest absolute Gasteiger partial charge is 0.328 e. The minimum Gasteiger partial charge on any atom is -0.480 e. The van der Waals surface area contributed by atoms with Crippen molar-refractivity contribution in [2.24, 2.45) is 0 Å². The van der Waals surface area contributed by atoms with Crippen molar-refractivity contribution in [2.45, 2.75) is 9.59 Å². The Morgan fingerprint density at radius 1 is 1.24 bits per heavy atom. The molecule has 0 fully saturated rings. The number of carbonyl (C=O) groups is 2. The Bertz CT molecular complexity index is 533. The maximum atomic E-state index is 10.7. The van der Waals surface area contributed by atoms with Crippen molar-refractivity contribution < 1.29 is 19.8 Å². The number of nitrogens with zero attached hydrogens (tertiary/aromatic N) is 1. The summed E-state index contributed by atoms with van der Waals surface area (Å²) in [6.07, 6.45) is 0. The van der Waals surface area contributed by atoms with Crippen molar-refractivity contribution in [1.29, 1.82) is 0 Å². The summed E-state index contributed by atoms with van der Waals surface area (Å²) in [5.74, 6) is -2.75. The zero-order chi connectivity index (χ0) is 12.4. The number of carboxylic acids is 2. The van der Waals surface area contributed by atoms with Crippen molar-refractivity contribution in [3.63, 3.8) is 0 Å². The molecule has 0 spiro atoms. The van der Waals surface area contributed by atoms with Gasteiger partial charge < -0.3 is 10.2 Å². The number of aromatic nitrogens is 1. The lowest BCUT2D eigenvalue weighted by atomic mass is 10.3. The van der Waals surface area contributed by atoms with Crippen LogP contribution in [0, 0.1) is 0 Å². The lowest BCUT2D eigenvalue weighted by Gasteiger charge is -2.02. The van der Waals surface area contributed by atoms with Crippen LogP contribution < -0.4 is 0 Å². The van der Waals surface area contributed by atoms with Crippen LogP contribution in [0.4, 0.5) is 0 Å². The molecule has 0 aliphatic heterocycles. The van der Waals surface area contributed by atoms with E-state index >= 15 is 0 Å². The van der Waals surface area contributed by atoms with E-state index in [2.05, 4.69) is 4.98 Å². The van der Waals surface area contributed by atoms with E-state index < -0.39 is 17.2 Å².